The summed E-state index contributed by atoms with van der Waals surface area (Å²) in [6.45, 7) is 1.91. The Bertz CT molecular complexity index is 982. The molecule has 0 aromatic heterocycles. The molecule has 1 unspecified atom stereocenters. The summed E-state index contributed by atoms with van der Waals surface area (Å²) in [4.78, 5) is 28.9. The van der Waals surface area contributed by atoms with Crippen LogP contribution in [0, 0.1) is 11.6 Å². The molecule has 3 aliphatic heterocycles. The summed E-state index contributed by atoms with van der Waals surface area (Å²) in [6.07, 6.45) is -0.705. The van der Waals surface area contributed by atoms with Gasteiger partial charge >= 0.3 is 0 Å². The summed E-state index contributed by atoms with van der Waals surface area (Å²) in [5, 5.41) is 13.3. The van der Waals surface area contributed by atoms with Crippen molar-refractivity contribution in [2.45, 2.75) is 31.8 Å². The number of aliphatic hydroxyl groups is 1. The molecule has 4 N–H and O–H groups in total. The van der Waals surface area contributed by atoms with Gasteiger partial charge in [0.1, 0.15) is 30.2 Å². The molecule has 0 saturated carbocycles. The molecule has 1 aromatic rings. The van der Waals surface area contributed by atoms with E-state index < -0.39 is 35.8 Å². The maximum atomic E-state index is 13.8. The van der Waals surface area contributed by atoms with E-state index in [2.05, 4.69) is 5.32 Å². The Hall–Kier alpha value is -3.02. The number of nitrogens with one attached hydrogen (secondary N) is 1. The number of carbonyl (C=O) groups is 2. The molecule has 9 nitrogen and oxygen atoms in total. The van der Waals surface area contributed by atoms with Crippen LogP contribution in [0.15, 0.2) is 41.4 Å². The molecule has 2 saturated heterocycles. The van der Waals surface area contributed by atoms with Crippen LogP contribution in [0.5, 0.6) is 0 Å². The van der Waals surface area contributed by atoms with Gasteiger partial charge in [0, 0.05) is 24.4 Å². The summed E-state index contributed by atoms with van der Waals surface area (Å²) in [5.74, 6) is -2.77. The van der Waals surface area contributed by atoms with E-state index in [0.29, 0.717) is 12.7 Å². The number of piperazine rings is 1. The molecular formula is C20H22F2N4O5. The second-order valence-electron chi connectivity index (χ2n) is 7.43. The van der Waals surface area contributed by atoms with E-state index >= 15 is 0 Å². The lowest BCUT2D eigenvalue weighted by Gasteiger charge is -2.42. The van der Waals surface area contributed by atoms with E-state index in [4.69, 9.17) is 15.2 Å². The van der Waals surface area contributed by atoms with Crippen LogP contribution in [-0.4, -0.2) is 65.0 Å². The van der Waals surface area contributed by atoms with Gasteiger partial charge in [-0.2, -0.15) is 0 Å². The standard InChI is InChI=1S/C20H22F2N4O5/c1-10-8-30-15-7-25-6-13(17(27)18(31-9-23)16(25)20(29)26(10)15)19(28)24-5-11-2-3-12(21)4-14(11)22/h2-4,6,10,15,17,27H,5,7-9,23H2,1H3,(H,24,28)/t10-,15+,17?/m0/s1. The van der Waals surface area contributed by atoms with Crippen LogP contribution < -0.4 is 11.1 Å². The minimum atomic E-state index is -1.55. The SMILES string of the molecule is C[C@H]1CO[C@@H]2CN3C=C(C(=O)NCc4ccc(F)cc4F)C(O)C(OCN)=C3C(=O)N12. The van der Waals surface area contributed by atoms with Crippen molar-refractivity contribution >= 4 is 11.8 Å². The third-order valence-corrected chi connectivity index (χ3v) is 5.42. The molecule has 4 rings (SSSR count). The number of nitrogens with two attached hydrogens (primary N) is 1. The lowest BCUT2D eigenvalue weighted by molar-refractivity contribution is -0.141. The summed E-state index contributed by atoms with van der Waals surface area (Å²) in [7, 11) is 0. The molecule has 31 heavy (non-hydrogen) atoms. The van der Waals surface area contributed by atoms with E-state index in [0.717, 1.165) is 6.07 Å². The van der Waals surface area contributed by atoms with Gasteiger partial charge in [0.2, 0.25) is 0 Å². The quantitative estimate of drug-likeness (QED) is 0.551. The highest BCUT2D eigenvalue weighted by Gasteiger charge is 2.48. The van der Waals surface area contributed by atoms with Crippen molar-refractivity contribution in [1.29, 1.82) is 0 Å². The fraction of sp³-hybridized carbons (Fsp3) is 0.400. The molecular weight excluding hydrogens is 414 g/mol. The largest absolute Gasteiger partial charge is 0.477 e. The Morgan fingerprint density at radius 2 is 2.19 bits per heavy atom. The second kappa shape index (κ2) is 8.25. The van der Waals surface area contributed by atoms with Crippen LogP contribution in [0.1, 0.15) is 12.5 Å². The van der Waals surface area contributed by atoms with Crippen molar-refractivity contribution in [2.24, 2.45) is 5.73 Å². The van der Waals surface area contributed by atoms with Crippen molar-refractivity contribution in [3.63, 3.8) is 0 Å². The van der Waals surface area contributed by atoms with Crippen LogP contribution >= 0.6 is 0 Å². The highest BCUT2D eigenvalue weighted by Crippen LogP contribution is 2.35. The maximum absolute atomic E-state index is 13.8. The van der Waals surface area contributed by atoms with E-state index in [-0.39, 0.29) is 48.5 Å². The zero-order valence-electron chi connectivity index (χ0n) is 16.7. The van der Waals surface area contributed by atoms with Crippen molar-refractivity contribution in [1.82, 2.24) is 15.1 Å². The molecule has 3 atom stereocenters. The molecule has 0 bridgehead atoms. The van der Waals surface area contributed by atoms with Gasteiger partial charge in [-0.05, 0) is 13.0 Å². The number of rotatable bonds is 5. The number of hydrogen-bond donors (Lipinski definition) is 3. The number of aliphatic hydroxyl groups excluding tert-OH is 1. The van der Waals surface area contributed by atoms with E-state index in [1.165, 1.54) is 17.2 Å². The van der Waals surface area contributed by atoms with Crippen LogP contribution in [0.4, 0.5) is 8.78 Å². The molecule has 0 radical (unpaired) electrons. The molecule has 166 valence electrons. The highest BCUT2D eigenvalue weighted by molar-refractivity contribution is 5.99. The van der Waals surface area contributed by atoms with Crippen LogP contribution in [0.3, 0.4) is 0 Å². The van der Waals surface area contributed by atoms with Crippen molar-refractivity contribution in [3.8, 4) is 0 Å². The summed E-state index contributed by atoms with van der Waals surface area (Å²) >= 11 is 0. The van der Waals surface area contributed by atoms with Gasteiger partial charge in [-0.15, -0.1) is 0 Å². The number of hydrogen-bond acceptors (Lipinski definition) is 7. The Morgan fingerprint density at radius 3 is 2.90 bits per heavy atom. The predicted octanol–water partition coefficient (Wildman–Crippen LogP) is -0.127. The Balaban J connectivity index is 1.58. The van der Waals surface area contributed by atoms with Crippen molar-refractivity contribution in [3.05, 3.63) is 58.6 Å². The summed E-state index contributed by atoms with van der Waals surface area (Å²) in [6, 6.07) is 2.86. The molecule has 2 amide bonds. The van der Waals surface area contributed by atoms with E-state index in [1.54, 1.807) is 4.90 Å². The van der Waals surface area contributed by atoms with Crippen LogP contribution in [-0.2, 0) is 25.6 Å². The van der Waals surface area contributed by atoms with Crippen molar-refractivity contribution < 1.29 is 33.0 Å². The smallest absolute Gasteiger partial charge is 0.276 e. The average Bonchev–Trinajstić information content (AvgIpc) is 3.10. The maximum Gasteiger partial charge on any atom is 0.276 e. The second-order valence-corrected chi connectivity index (χ2v) is 7.43. The summed E-state index contributed by atoms with van der Waals surface area (Å²) < 4.78 is 37.9. The predicted molar refractivity (Wildman–Crippen MR) is 102 cm³/mol. The first-order chi connectivity index (χ1) is 14.8. The third kappa shape index (κ3) is 3.75. The number of carbonyl (C=O) groups excluding carboxylic acids is 2. The molecule has 0 aliphatic carbocycles. The first-order valence-corrected chi connectivity index (χ1v) is 9.71. The highest BCUT2D eigenvalue weighted by atomic mass is 19.1. The number of nitrogens with zero attached hydrogens (tertiary/aromatic N) is 2. The average molecular weight is 436 g/mol. The number of amides is 2. The summed E-state index contributed by atoms with van der Waals surface area (Å²) in [5.41, 5.74) is 5.54. The zero-order chi connectivity index (χ0) is 22.3. The first-order valence-electron chi connectivity index (χ1n) is 9.71. The Kier molecular flexibility index (Phi) is 5.65. The number of benzene rings is 1. The van der Waals surface area contributed by atoms with Gasteiger partial charge in [-0.1, -0.05) is 6.07 Å². The monoisotopic (exact) mass is 436 g/mol. The molecule has 2 fully saturated rings. The normalized spacial score (nSPS) is 25.3. The van der Waals surface area contributed by atoms with Gasteiger partial charge in [-0.25, -0.2) is 8.78 Å². The Labute approximate surface area is 176 Å². The van der Waals surface area contributed by atoms with E-state index in [1.807, 2.05) is 6.92 Å². The lowest BCUT2D eigenvalue weighted by Crippen LogP contribution is -2.55. The topological polar surface area (TPSA) is 117 Å². The third-order valence-electron chi connectivity index (χ3n) is 5.42. The Morgan fingerprint density at radius 1 is 1.42 bits per heavy atom. The number of fused-ring (bicyclic) bond motifs is 2. The molecule has 3 heterocycles. The van der Waals surface area contributed by atoms with Gasteiger partial charge in [0.25, 0.3) is 11.8 Å². The minimum Gasteiger partial charge on any atom is -0.477 e. The number of halogens is 2. The lowest BCUT2D eigenvalue weighted by atomic mass is 9.99. The van der Waals surface area contributed by atoms with Gasteiger partial charge < -0.3 is 29.7 Å². The molecule has 0 spiro atoms. The fourth-order valence-corrected chi connectivity index (χ4v) is 3.91. The van der Waals surface area contributed by atoms with Gasteiger partial charge in [-0.3, -0.25) is 15.3 Å². The molecule has 3 aliphatic rings. The van der Waals surface area contributed by atoms with Crippen LogP contribution in [0.25, 0.3) is 0 Å². The van der Waals surface area contributed by atoms with Crippen molar-refractivity contribution in [2.75, 3.05) is 19.9 Å². The first kappa shape index (κ1) is 21.2. The molecule has 11 heteroatoms. The minimum absolute atomic E-state index is 0.0763. The van der Waals surface area contributed by atoms with E-state index in [9.17, 15) is 23.5 Å². The number of ether oxygens (including phenoxy) is 2. The van der Waals surface area contributed by atoms with Gasteiger partial charge in [0.05, 0.1) is 24.8 Å². The van der Waals surface area contributed by atoms with Gasteiger partial charge in [0.15, 0.2) is 12.0 Å². The zero-order valence-corrected chi connectivity index (χ0v) is 16.7. The fourth-order valence-electron chi connectivity index (χ4n) is 3.91. The molecule has 1 aromatic carbocycles. The van der Waals surface area contributed by atoms with Crippen LogP contribution in [0.2, 0.25) is 0 Å².